The summed E-state index contributed by atoms with van der Waals surface area (Å²) in [7, 11) is 1.61. The number of benzene rings is 1. The van der Waals surface area contributed by atoms with Crippen LogP contribution in [-0.4, -0.2) is 50.9 Å². The number of methoxy groups -OCH3 is 1. The first-order chi connectivity index (χ1) is 10.7. The molecule has 1 aromatic rings. The van der Waals surface area contributed by atoms with Crippen LogP contribution in [0.3, 0.4) is 0 Å². The molecule has 0 spiro atoms. The van der Waals surface area contributed by atoms with E-state index in [1.165, 1.54) is 0 Å². The normalized spacial score (nSPS) is 12.3. The van der Waals surface area contributed by atoms with Crippen molar-refractivity contribution in [1.29, 1.82) is 0 Å². The van der Waals surface area contributed by atoms with Crippen LogP contribution < -0.4 is 10.1 Å². The van der Waals surface area contributed by atoms with Gasteiger partial charge in [0.2, 0.25) is 0 Å². The summed E-state index contributed by atoms with van der Waals surface area (Å²) >= 11 is 0.0483. The number of hydrogen-bond donors (Lipinski definition) is 2. The second kappa shape index (κ2) is 8.79. The van der Waals surface area contributed by atoms with Gasteiger partial charge < -0.3 is 0 Å². The van der Waals surface area contributed by atoms with E-state index >= 15 is 0 Å². The minimum absolute atomic E-state index is 0.0483. The Morgan fingerprint density at radius 1 is 1.26 bits per heavy atom. The third-order valence-corrected chi connectivity index (χ3v) is 5.02. The van der Waals surface area contributed by atoms with Crippen molar-refractivity contribution in [3.63, 3.8) is 0 Å². The van der Waals surface area contributed by atoms with E-state index in [0.29, 0.717) is 5.32 Å². The molecule has 1 atom stereocenters. The number of carboxylic acids is 1. The summed E-state index contributed by atoms with van der Waals surface area (Å²) in [6.07, 6.45) is -0.704. The van der Waals surface area contributed by atoms with E-state index in [-0.39, 0.29) is 15.0 Å². The van der Waals surface area contributed by atoms with Gasteiger partial charge in [0.25, 0.3) is 0 Å². The minimum atomic E-state index is -1.05. The number of hydrogen-bond acceptors (Lipinski definition) is 4. The number of carbonyl (C=O) groups excluding carboxylic acids is 1. The van der Waals surface area contributed by atoms with Gasteiger partial charge in [-0.25, -0.2) is 0 Å². The second-order valence-corrected chi connectivity index (χ2v) is 8.06. The average Bonchev–Trinajstić information content (AvgIpc) is 2.44. The van der Waals surface area contributed by atoms with Crippen LogP contribution in [0.2, 0.25) is 5.32 Å². The van der Waals surface area contributed by atoms with Crippen LogP contribution in [0, 0.1) is 0 Å². The predicted molar refractivity (Wildman–Crippen MR) is 88.1 cm³/mol. The van der Waals surface area contributed by atoms with Crippen LogP contribution in [0.15, 0.2) is 24.3 Å². The molecule has 1 rings (SSSR count). The Hall–Kier alpha value is -1.72. The molecule has 0 aromatic heterocycles. The second-order valence-electron chi connectivity index (χ2n) is 5.90. The van der Waals surface area contributed by atoms with Crippen molar-refractivity contribution in [2.24, 2.45) is 0 Å². The predicted octanol–water partition coefficient (Wildman–Crippen LogP) is 2.30. The van der Waals surface area contributed by atoms with Crippen molar-refractivity contribution in [1.82, 2.24) is 5.32 Å². The first kappa shape index (κ1) is 19.3. The number of alkyl carbamates (subject to hydrolysis) is 1. The topological polar surface area (TPSA) is 84.9 Å². The van der Waals surface area contributed by atoms with Gasteiger partial charge in [-0.2, -0.15) is 0 Å². The molecule has 0 aliphatic carbocycles. The maximum absolute atomic E-state index is 11.7. The molecule has 0 saturated carbocycles. The zero-order valence-corrected chi connectivity index (χ0v) is 15.5. The number of aliphatic carboxylic acids is 1. The Kier molecular flexibility index (Phi) is 7.39. The molecule has 7 heteroatoms. The van der Waals surface area contributed by atoms with Crippen molar-refractivity contribution in [2.45, 2.75) is 43.1 Å². The van der Waals surface area contributed by atoms with Crippen molar-refractivity contribution in [3.8, 4) is 5.75 Å². The van der Waals surface area contributed by atoms with Crippen molar-refractivity contribution in [2.75, 3.05) is 7.11 Å². The van der Waals surface area contributed by atoms with Gasteiger partial charge in [0.05, 0.1) is 0 Å². The zero-order chi connectivity index (χ0) is 17.5. The molecule has 0 unspecified atom stereocenters. The number of rotatable bonds is 7. The van der Waals surface area contributed by atoms with Crippen LogP contribution in [0.4, 0.5) is 4.79 Å². The molecule has 1 amide bonds. The Morgan fingerprint density at radius 2 is 1.87 bits per heavy atom. The van der Waals surface area contributed by atoms with Crippen LogP contribution in [0.25, 0.3) is 0 Å². The van der Waals surface area contributed by atoms with Crippen molar-refractivity contribution in [3.05, 3.63) is 29.8 Å². The molecular weight excluding hydrogens is 365 g/mol. The van der Waals surface area contributed by atoms with E-state index in [9.17, 15) is 14.7 Å². The molecule has 0 aliphatic rings. The maximum atomic E-state index is 11.7. The van der Waals surface area contributed by atoms with Crippen molar-refractivity contribution >= 4 is 27.0 Å². The average molecular weight is 388 g/mol. The first-order valence-corrected chi connectivity index (χ1v) is 9.56. The third kappa shape index (κ3) is 7.90. The van der Waals surface area contributed by atoms with Crippen LogP contribution in [0.1, 0.15) is 26.3 Å². The molecule has 0 fully saturated rings. The van der Waals surface area contributed by atoms with E-state index in [4.69, 9.17) is 9.47 Å². The number of nitrogens with one attached hydrogen (secondary N) is 1. The van der Waals surface area contributed by atoms with E-state index in [1.807, 2.05) is 24.3 Å². The van der Waals surface area contributed by atoms with E-state index < -0.39 is 23.7 Å². The van der Waals surface area contributed by atoms with Gasteiger partial charge in [-0.05, 0) is 0 Å². The molecule has 0 aliphatic heterocycles. The zero-order valence-electron chi connectivity index (χ0n) is 13.8. The summed E-state index contributed by atoms with van der Waals surface area (Å²) in [4.78, 5) is 22.9. The van der Waals surface area contributed by atoms with E-state index in [2.05, 4.69) is 5.32 Å². The van der Waals surface area contributed by atoms with E-state index in [0.717, 1.165) is 16.6 Å². The van der Waals surface area contributed by atoms with Gasteiger partial charge in [-0.15, -0.1) is 0 Å². The molecule has 0 heterocycles. The summed E-state index contributed by atoms with van der Waals surface area (Å²) in [6.45, 7) is 5.20. The summed E-state index contributed by atoms with van der Waals surface area (Å²) in [5.74, 6) is -0.260. The van der Waals surface area contributed by atoms with E-state index in [1.54, 1.807) is 27.9 Å². The van der Waals surface area contributed by atoms with Gasteiger partial charge in [0, 0.05) is 0 Å². The Morgan fingerprint density at radius 3 is 2.35 bits per heavy atom. The molecule has 0 saturated heterocycles. The van der Waals surface area contributed by atoms with Gasteiger partial charge in [0.1, 0.15) is 0 Å². The quantitative estimate of drug-likeness (QED) is 0.701. The van der Waals surface area contributed by atoms with Gasteiger partial charge in [-0.1, -0.05) is 0 Å². The standard InChI is InChI=1S/C16H23NO5Se/c1-16(2,3)22-15(20)17-13(14(18)19)10-23-9-11-5-7-12(21-4)8-6-11/h5-8,13H,9-10H2,1-4H3,(H,17,20)(H,18,19)/t13-/m0/s1. The van der Waals surface area contributed by atoms with Crippen LogP contribution in [-0.2, 0) is 14.9 Å². The monoisotopic (exact) mass is 389 g/mol. The number of carbonyl (C=O) groups is 2. The molecule has 128 valence electrons. The number of ether oxygens (including phenoxy) is 2. The molecule has 2 N–H and O–H groups in total. The number of carboxylic acid groups (broad SMARTS) is 1. The molecule has 0 bridgehead atoms. The van der Waals surface area contributed by atoms with Crippen LogP contribution >= 0.6 is 0 Å². The van der Waals surface area contributed by atoms with Gasteiger partial charge in [-0.3, -0.25) is 0 Å². The van der Waals surface area contributed by atoms with Crippen LogP contribution in [0.5, 0.6) is 5.75 Å². The molecule has 23 heavy (non-hydrogen) atoms. The third-order valence-electron chi connectivity index (χ3n) is 2.70. The molecular formula is C16H23NO5Se. The summed E-state index contributed by atoms with van der Waals surface area (Å²) in [5, 5.41) is 12.8. The fourth-order valence-corrected chi connectivity index (χ4v) is 3.75. The summed E-state index contributed by atoms with van der Waals surface area (Å²) < 4.78 is 10.2. The number of amides is 1. The Balaban J connectivity index is 2.46. The first-order valence-electron chi connectivity index (χ1n) is 7.14. The Labute approximate surface area is 142 Å². The molecule has 0 radical (unpaired) electrons. The molecule has 1 aromatic carbocycles. The summed E-state index contributed by atoms with van der Waals surface area (Å²) in [6, 6.07) is 6.73. The van der Waals surface area contributed by atoms with Crippen molar-refractivity contribution < 1.29 is 24.2 Å². The fourth-order valence-electron chi connectivity index (χ4n) is 1.64. The van der Waals surface area contributed by atoms with Gasteiger partial charge in [0.15, 0.2) is 0 Å². The Bertz CT molecular complexity index is 524. The fraction of sp³-hybridized carbons (Fsp3) is 0.500. The summed E-state index contributed by atoms with van der Waals surface area (Å²) in [5.41, 5.74) is 0.466. The SMILES string of the molecule is COc1ccc(C[Se]C[C@H](NC(=O)OC(C)(C)C)C(=O)O)cc1. The molecule has 6 nitrogen and oxygen atoms in total. The van der Waals surface area contributed by atoms with Gasteiger partial charge >= 0.3 is 142 Å².